The molecule has 1 N–H and O–H groups in total. The lowest BCUT2D eigenvalue weighted by molar-refractivity contribution is -0.138. The molecule has 0 unspecified atom stereocenters. The smallest absolute Gasteiger partial charge is 0.242 e. The molecule has 0 aliphatic heterocycles. The van der Waals surface area contributed by atoms with E-state index in [9.17, 15) is 9.59 Å². The van der Waals surface area contributed by atoms with Crippen LogP contribution in [0.4, 0.5) is 0 Å². The largest absolute Gasteiger partial charge is 0.352 e. The quantitative estimate of drug-likeness (QED) is 0.636. The molecule has 4 nitrogen and oxygen atoms in total. The van der Waals surface area contributed by atoms with Gasteiger partial charge in [-0.1, -0.05) is 60.2 Å². The van der Waals surface area contributed by atoms with E-state index in [0.717, 1.165) is 17.7 Å². The van der Waals surface area contributed by atoms with Crippen LogP contribution < -0.4 is 5.32 Å². The van der Waals surface area contributed by atoms with Gasteiger partial charge in [0.25, 0.3) is 0 Å². The molecule has 2 aromatic rings. The predicted octanol–water partition coefficient (Wildman–Crippen LogP) is 4.21. The van der Waals surface area contributed by atoms with E-state index >= 15 is 0 Å². The molecule has 156 valence electrons. The molecule has 0 fully saturated rings. The van der Waals surface area contributed by atoms with Gasteiger partial charge in [0, 0.05) is 18.3 Å². The van der Waals surface area contributed by atoms with Crippen molar-refractivity contribution in [3.8, 4) is 0 Å². The van der Waals surface area contributed by atoms with E-state index in [4.69, 9.17) is 0 Å². The van der Waals surface area contributed by atoms with Crippen LogP contribution in [-0.4, -0.2) is 41.1 Å². The lowest BCUT2D eigenvalue weighted by Gasteiger charge is -2.29. The highest BCUT2D eigenvalue weighted by Gasteiger charge is 2.25. The summed E-state index contributed by atoms with van der Waals surface area (Å²) >= 11 is 1.59. The fourth-order valence-corrected chi connectivity index (χ4v) is 3.97. The number of aryl methyl sites for hydroxylation is 1. The monoisotopic (exact) mass is 412 g/mol. The van der Waals surface area contributed by atoms with Crippen LogP contribution in [-0.2, 0) is 21.8 Å². The van der Waals surface area contributed by atoms with Gasteiger partial charge in [-0.15, -0.1) is 11.8 Å². The van der Waals surface area contributed by atoms with E-state index in [1.165, 1.54) is 11.1 Å². The van der Waals surface area contributed by atoms with Crippen LogP contribution in [0.25, 0.3) is 0 Å². The second-order valence-corrected chi connectivity index (χ2v) is 8.63. The van der Waals surface area contributed by atoms with Crippen molar-refractivity contribution in [1.82, 2.24) is 10.2 Å². The van der Waals surface area contributed by atoms with E-state index in [2.05, 4.69) is 30.4 Å². The van der Waals surface area contributed by atoms with Gasteiger partial charge >= 0.3 is 0 Å². The third-order valence-electron chi connectivity index (χ3n) is 4.66. The molecule has 0 spiro atoms. The summed E-state index contributed by atoms with van der Waals surface area (Å²) in [6, 6.07) is 18.0. The molecule has 0 bridgehead atoms. The molecular formula is C24H32N2O2S. The maximum Gasteiger partial charge on any atom is 0.242 e. The summed E-state index contributed by atoms with van der Waals surface area (Å²) in [6.45, 7) is 8.27. The lowest BCUT2D eigenvalue weighted by atomic mass is 10.1. The summed E-state index contributed by atoms with van der Waals surface area (Å²) in [4.78, 5) is 27.2. The van der Waals surface area contributed by atoms with Gasteiger partial charge in [-0.3, -0.25) is 9.59 Å². The molecule has 29 heavy (non-hydrogen) atoms. The molecule has 2 amide bonds. The van der Waals surface area contributed by atoms with E-state index in [-0.39, 0.29) is 17.9 Å². The highest BCUT2D eigenvalue weighted by Crippen LogP contribution is 2.15. The Labute approximate surface area is 179 Å². The maximum atomic E-state index is 13.0. The van der Waals surface area contributed by atoms with Gasteiger partial charge in [-0.25, -0.2) is 0 Å². The molecule has 0 aliphatic carbocycles. The summed E-state index contributed by atoms with van der Waals surface area (Å²) < 4.78 is 0. The Kier molecular flexibility index (Phi) is 9.26. The van der Waals surface area contributed by atoms with Crippen molar-refractivity contribution < 1.29 is 9.59 Å². The Morgan fingerprint density at radius 3 is 2.34 bits per heavy atom. The fourth-order valence-electron chi connectivity index (χ4n) is 3.12. The first-order chi connectivity index (χ1) is 13.9. The Morgan fingerprint density at radius 2 is 1.69 bits per heavy atom. The van der Waals surface area contributed by atoms with Crippen molar-refractivity contribution in [3.05, 3.63) is 71.3 Å². The van der Waals surface area contributed by atoms with E-state index in [1.807, 2.05) is 57.2 Å². The van der Waals surface area contributed by atoms with Gasteiger partial charge in [-0.05, 0) is 45.2 Å². The molecule has 0 saturated carbocycles. The van der Waals surface area contributed by atoms with Crippen LogP contribution in [0.1, 0.15) is 37.5 Å². The van der Waals surface area contributed by atoms with E-state index < -0.39 is 6.04 Å². The molecule has 1 atom stereocenters. The summed E-state index contributed by atoms with van der Waals surface area (Å²) in [7, 11) is 0. The fraction of sp³-hybridized carbons (Fsp3) is 0.417. The van der Waals surface area contributed by atoms with Crippen molar-refractivity contribution in [1.29, 1.82) is 0 Å². The molecule has 0 heterocycles. The number of nitrogens with one attached hydrogen (secondary N) is 1. The lowest BCUT2D eigenvalue weighted by Crippen LogP contribution is -2.50. The minimum Gasteiger partial charge on any atom is -0.352 e. The van der Waals surface area contributed by atoms with Gasteiger partial charge in [-0.2, -0.15) is 0 Å². The third kappa shape index (κ3) is 7.94. The van der Waals surface area contributed by atoms with Crippen LogP contribution in [0.3, 0.4) is 0 Å². The zero-order chi connectivity index (χ0) is 21.2. The van der Waals surface area contributed by atoms with E-state index in [1.54, 1.807) is 16.7 Å². The van der Waals surface area contributed by atoms with E-state index in [0.29, 0.717) is 12.3 Å². The SMILES string of the molecule is Cc1cccc(CSCC(=O)N(CCc2ccccc2)[C@H](C)C(=O)NC(C)C)c1. The van der Waals surface area contributed by atoms with Gasteiger partial charge < -0.3 is 10.2 Å². The number of thioether (sulfide) groups is 1. The minimum absolute atomic E-state index is 0.00462. The zero-order valence-corrected chi connectivity index (χ0v) is 18.7. The van der Waals surface area contributed by atoms with Crippen LogP contribution in [0, 0.1) is 6.92 Å². The number of hydrogen-bond acceptors (Lipinski definition) is 3. The number of nitrogens with zero attached hydrogens (tertiary/aromatic N) is 1. The molecule has 0 aliphatic rings. The summed E-state index contributed by atoms with van der Waals surface area (Å²) in [5.41, 5.74) is 3.59. The summed E-state index contributed by atoms with van der Waals surface area (Å²) in [6.07, 6.45) is 0.731. The predicted molar refractivity (Wildman–Crippen MR) is 122 cm³/mol. The van der Waals surface area contributed by atoms with Gasteiger partial charge in [0.05, 0.1) is 5.75 Å². The Morgan fingerprint density at radius 1 is 1.00 bits per heavy atom. The van der Waals surface area contributed by atoms with Crippen LogP contribution >= 0.6 is 11.8 Å². The van der Waals surface area contributed by atoms with Gasteiger partial charge in [0.15, 0.2) is 0 Å². The Bertz CT molecular complexity index is 792. The molecule has 2 aromatic carbocycles. The number of hydrogen-bond donors (Lipinski definition) is 1. The number of carbonyl (C=O) groups excluding carboxylic acids is 2. The van der Waals surface area contributed by atoms with Gasteiger partial charge in [0.1, 0.15) is 6.04 Å². The van der Waals surface area contributed by atoms with Crippen molar-refractivity contribution >= 4 is 23.6 Å². The normalized spacial score (nSPS) is 11.9. The summed E-state index contributed by atoms with van der Waals surface area (Å²) in [5.74, 6) is 1.05. The standard InChI is InChI=1S/C24H32N2O2S/c1-18(2)25-24(28)20(4)26(14-13-21-10-6-5-7-11-21)23(27)17-29-16-22-12-8-9-19(3)15-22/h5-12,15,18,20H,13-14,16-17H2,1-4H3,(H,25,28)/t20-/m1/s1. The Hall–Kier alpha value is -2.27. The van der Waals surface area contributed by atoms with Crippen LogP contribution in [0.5, 0.6) is 0 Å². The van der Waals surface area contributed by atoms with Crippen molar-refractivity contribution in [2.24, 2.45) is 0 Å². The molecule has 2 rings (SSSR count). The summed E-state index contributed by atoms with van der Waals surface area (Å²) in [5, 5.41) is 2.92. The van der Waals surface area contributed by atoms with Crippen molar-refractivity contribution in [3.63, 3.8) is 0 Å². The maximum absolute atomic E-state index is 13.0. The van der Waals surface area contributed by atoms with Crippen molar-refractivity contribution in [2.45, 2.75) is 52.0 Å². The molecule has 0 saturated heterocycles. The average molecular weight is 413 g/mol. The molecule has 0 aromatic heterocycles. The molecular weight excluding hydrogens is 380 g/mol. The zero-order valence-electron chi connectivity index (χ0n) is 17.9. The number of carbonyl (C=O) groups is 2. The Balaban J connectivity index is 1.99. The molecule has 5 heteroatoms. The highest BCUT2D eigenvalue weighted by molar-refractivity contribution is 7.99. The second kappa shape index (κ2) is 11.7. The van der Waals surface area contributed by atoms with Crippen molar-refractivity contribution in [2.75, 3.05) is 12.3 Å². The second-order valence-electron chi connectivity index (χ2n) is 7.64. The first-order valence-electron chi connectivity index (χ1n) is 10.1. The van der Waals surface area contributed by atoms with Crippen LogP contribution in [0.2, 0.25) is 0 Å². The third-order valence-corrected chi connectivity index (χ3v) is 5.65. The number of amides is 2. The number of benzene rings is 2. The number of rotatable bonds is 10. The highest BCUT2D eigenvalue weighted by atomic mass is 32.2. The topological polar surface area (TPSA) is 49.4 Å². The minimum atomic E-state index is -0.492. The van der Waals surface area contributed by atoms with Gasteiger partial charge in [0.2, 0.25) is 11.8 Å². The molecule has 0 radical (unpaired) electrons. The first-order valence-corrected chi connectivity index (χ1v) is 11.3. The first kappa shape index (κ1) is 23.0. The van der Waals surface area contributed by atoms with Crippen LogP contribution in [0.15, 0.2) is 54.6 Å². The average Bonchev–Trinajstić information content (AvgIpc) is 2.68.